The Balaban J connectivity index is 1.37. The summed E-state index contributed by atoms with van der Waals surface area (Å²) in [5, 5.41) is 4.83. The maximum absolute atomic E-state index is 6.26. The van der Waals surface area contributed by atoms with Gasteiger partial charge in [0.05, 0.1) is 50.5 Å². The number of nitrogens with zero attached hydrogens (tertiary/aromatic N) is 4. The first-order chi connectivity index (χ1) is 17.2. The van der Waals surface area contributed by atoms with E-state index >= 15 is 0 Å². The summed E-state index contributed by atoms with van der Waals surface area (Å²) in [5.74, 6) is 1.48. The smallest absolute Gasteiger partial charge is 0.176 e. The Morgan fingerprint density at radius 2 is 1.91 bits per heavy atom. The lowest BCUT2D eigenvalue weighted by atomic mass is 10.1. The zero-order valence-electron chi connectivity index (χ0n) is 19.7. The Labute approximate surface area is 203 Å². The van der Waals surface area contributed by atoms with Crippen LogP contribution < -0.4 is 4.90 Å². The highest BCUT2D eigenvalue weighted by molar-refractivity contribution is 5.89. The molecule has 8 heteroatoms. The van der Waals surface area contributed by atoms with Crippen molar-refractivity contribution in [2.75, 3.05) is 51.0 Å². The first-order valence-electron chi connectivity index (χ1n) is 12.0. The van der Waals surface area contributed by atoms with Crippen molar-refractivity contribution in [3.05, 3.63) is 66.1 Å². The van der Waals surface area contributed by atoms with Crippen molar-refractivity contribution >= 4 is 22.9 Å². The fraction of sp³-hybridized carbons (Fsp3) is 0.333. The van der Waals surface area contributed by atoms with Gasteiger partial charge in [-0.3, -0.25) is 0 Å². The lowest BCUT2D eigenvalue weighted by Gasteiger charge is -2.28. The molecule has 5 heterocycles. The van der Waals surface area contributed by atoms with E-state index in [4.69, 9.17) is 28.7 Å². The van der Waals surface area contributed by atoms with Crippen molar-refractivity contribution < 1.29 is 18.6 Å². The van der Waals surface area contributed by atoms with Gasteiger partial charge in [-0.15, -0.1) is 0 Å². The molecule has 2 saturated heterocycles. The minimum absolute atomic E-state index is 0.0664. The molecule has 180 valence electrons. The van der Waals surface area contributed by atoms with Gasteiger partial charge >= 0.3 is 0 Å². The molecule has 0 radical (unpaired) electrons. The summed E-state index contributed by atoms with van der Waals surface area (Å²) in [5.41, 5.74) is 5.75. The summed E-state index contributed by atoms with van der Waals surface area (Å²) in [6.45, 7) is 6.86. The van der Waals surface area contributed by atoms with Gasteiger partial charge in [0, 0.05) is 37.0 Å². The number of pyridine rings is 1. The van der Waals surface area contributed by atoms with Crippen LogP contribution in [0.3, 0.4) is 0 Å². The number of anilines is 1. The molecule has 6 rings (SSSR count). The van der Waals surface area contributed by atoms with Crippen molar-refractivity contribution in [3.63, 3.8) is 0 Å². The van der Waals surface area contributed by atoms with Crippen molar-refractivity contribution in [3.8, 4) is 17.1 Å². The monoisotopic (exact) mass is 472 g/mol. The van der Waals surface area contributed by atoms with Gasteiger partial charge in [0.1, 0.15) is 11.3 Å². The SMILES string of the molecule is Cc1cccc(-c2ccn(-c3cc(N4CCOCC4)c4oc(/C=C/[C@H]5COCCO5)cc4n3)n2)c1. The van der Waals surface area contributed by atoms with E-state index in [0.29, 0.717) is 33.0 Å². The molecule has 35 heavy (non-hydrogen) atoms. The summed E-state index contributed by atoms with van der Waals surface area (Å²) in [4.78, 5) is 7.19. The third-order valence-electron chi connectivity index (χ3n) is 6.27. The number of aromatic nitrogens is 3. The first-order valence-corrected chi connectivity index (χ1v) is 12.0. The number of morpholine rings is 1. The number of hydrogen-bond acceptors (Lipinski definition) is 7. The van der Waals surface area contributed by atoms with Gasteiger partial charge in [-0.05, 0) is 31.2 Å². The lowest BCUT2D eigenvalue weighted by Crippen LogP contribution is -2.36. The van der Waals surface area contributed by atoms with Crippen LogP contribution in [0.25, 0.3) is 34.3 Å². The quantitative estimate of drug-likeness (QED) is 0.430. The van der Waals surface area contributed by atoms with Crippen LogP contribution in [-0.2, 0) is 14.2 Å². The summed E-state index contributed by atoms with van der Waals surface area (Å²) < 4.78 is 24.9. The third kappa shape index (κ3) is 4.73. The number of aryl methyl sites for hydroxylation is 1. The van der Waals surface area contributed by atoms with Gasteiger partial charge in [0.15, 0.2) is 11.4 Å². The van der Waals surface area contributed by atoms with E-state index in [1.54, 1.807) is 0 Å². The molecule has 2 fully saturated rings. The Kier molecular flexibility index (Phi) is 6.08. The molecule has 1 atom stereocenters. The largest absolute Gasteiger partial charge is 0.453 e. The maximum atomic E-state index is 6.26. The number of fused-ring (bicyclic) bond motifs is 1. The molecule has 0 N–H and O–H groups in total. The number of ether oxygens (including phenoxy) is 3. The molecule has 0 unspecified atom stereocenters. The Morgan fingerprint density at radius 3 is 2.74 bits per heavy atom. The van der Waals surface area contributed by atoms with Crippen LogP contribution in [0.15, 0.2) is 59.2 Å². The van der Waals surface area contributed by atoms with Crippen LogP contribution >= 0.6 is 0 Å². The summed E-state index contributed by atoms with van der Waals surface area (Å²) in [6, 6.07) is 14.4. The molecule has 0 saturated carbocycles. The van der Waals surface area contributed by atoms with Crippen LogP contribution in [0.4, 0.5) is 5.69 Å². The van der Waals surface area contributed by atoms with Crippen molar-refractivity contribution in [2.24, 2.45) is 0 Å². The van der Waals surface area contributed by atoms with Gasteiger partial charge in [-0.25, -0.2) is 9.67 Å². The van der Waals surface area contributed by atoms with Crippen LogP contribution in [0.2, 0.25) is 0 Å². The molecule has 1 aromatic carbocycles. The fourth-order valence-electron chi connectivity index (χ4n) is 4.48. The van der Waals surface area contributed by atoms with Crippen LogP contribution in [0.1, 0.15) is 11.3 Å². The van der Waals surface area contributed by atoms with Crippen LogP contribution in [0.5, 0.6) is 0 Å². The van der Waals surface area contributed by atoms with E-state index in [0.717, 1.165) is 52.7 Å². The van der Waals surface area contributed by atoms with E-state index < -0.39 is 0 Å². The fourth-order valence-corrected chi connectivity index (χ4v) is 4.48. The Hall–Kier alpha value is -3.46. The van der Waals surface area contributed by atoms with Crippen LogP contribution in [-0.4, -0.2) is 67.0 Å². The molecular weight excluding hydrogens is 444 g/mol. The number of rotatable bonds is 5. The van der Waals surface area contributed by atoms with Gasteiger partial charge in [0.2, 0.25) is 0 Å². The van der Waals surface area contributed by atoms with Gasteiger partial charge in [0.25, 0.3) is 0 Å². The highest BCUT2D eigenvalue weighted by Crippen LogP contribution is 2.32. The van der Waals surface area contributed by atoms with E-state index in [-0.39, 0.29) is 6.10 Å². The average Bonchev–Trinajstić information content (AvgIpc) is 3.55. The second-order valence-electron chi connectivity index (χ2n) is 8.82. The minimum atomic E-state index is -0.0664. The molecule has 3 aromatic heterocycles. The molecule has 2 aliphatic rings. The highest BCUT2D eigenvalue weighted by Gasteiger charge is 2.20. The first kappa shape index (κ1) is 22.0. The third-order valence-corrected chi connectivity index (χ3v) is 6.27. The lowest BCUT2D eigenvalue weighted by molar-refractivity contribution is -0.0672. The molecule has 0 spiro atoms. The van der Waals surface area contributed by atoms with Crippen molar-refractivity contribution in [1.29, 1.82) is 0 Å². The van der Waals surface area contributed by atoms with Crippen molar-refractivity contribution in [1.82, 2.24) is 14.8 Å². The van der Waals surface area contributed by atoms with E-state index in [1.807, 2.05) is 35.2 Å². The normalized spacial score (nSPS) is 19.1. The topological polar surface area (TPSA) is 74.8 Å². The molecule has 0 bridgehead atoms. The zero-order valence-corrected chi connectivity index (χ0v) is 19.7. The predicted molar refractivity (Wildman–Crippen MR) is 134 cm³/mol. The number of furan rings is 1. The standard InChI is InChI=1S/C27H28N4O4/c1-19-3-2-4-20(15-19)23-7-8-31(29-23)26-17-25(30-9-11-32-12-10-30)27-24(28-26)16-21(35-27)5-6-22-18-33-13-14-34-22/h2-8,15-17,22H,9-14,18H2,1H3/b6-5+/t22-/m0/s1. The second kappa shape index (κ2) is 9.65. The second-order valence-corrected chi connectivity index (χ2v) is 8.82. The minimum Gasteiger partial charge on any atom is -0.453 e. The summed E-state index contributed by atoms with van der Waals surface area (Å²) in [6.07, 6.45) is 5.81. The van der Waals surface area contributed by atoms with Gasteiger partial charge in [-0.1, -0.05) is 23.8 Å². The molecule has 2 aliphatic heterocycles. The Morgan fingerprint density at radius 1 is 1.00 bits per heavy atom. The average molecular weight is 473 g/mol. The molecule has 0 amide bonds. The van der Waals surface area contributed by atoms with Crippen molar-refractivity contribution in [2.45, 2.75) is 13.0 Å². The van der Waals surface area contributed by atoms with Gasteiger partial charge < -0.3 is 23.5 Å². The molecule has 0 aliphatic carbocycles. The molecular formula is C27H28N4O4. The number of benzene rings is 1. The summed E-state index contributed by atoms with van der Waals surface area (Å²) in [7, 11) is 0. The molecule has 4 aromatic rings. The van der Waals surface area contributed by atoms with E-state index in [1.165, 1.54) is 5.56 Å². The highest BCUT2D eigenvalue weighted by atomic mass is 16.6. The maximum Gasteiger partial charge on any atom is 0.176 e. The summed E-state index contributed by atoms with van der Waals surface area (Å²) >= 11 is 0. The van der Waals surface area contributed by atoms with Crippen LogP contribution in [0, 0.1) is 6.92 Å². The predicted octanol–water partition coefficient (Wildman–Crippen LogP) is 4.25. The van der Waals surface area contributed by atoms with E-state index in [9.17, 15) is 0 Å². The Bertz CT molecular complexity index is 1350. The number of hydrogen-bond donors (Lipinski definition) is 0. The zero-order chi connectivity index (χ0) is 23.6. The van der Waals surface area contributed by atoms with Gasteiger partial charge in [-0.2, -0.15) is 5.10 Å². The van der Waals surface area contributed by atoms with E-state index in [2.05, 4.69) is 42.2 Å². The molecule has 8 nitrogen and oxygen atoms in total.